The van der Waals surface area contributed by atoms with Gasteiger partial charge < -0.3 is 9.64 Å². The molecule has 0 bridgehead atoms. The van der Waals surface area contributed by atoms with Gasteiger partial charge in [-0.3, -0.25) is 0 Å². The molecule has 10 heteroatoms. The standard InChI is InChI=1S/C20H19F2N3O3S2/c1-28-16-5-2-14(3-6-16)18-13-29-20(23-18)24-8-10-25(11-9-24)30(26,27)19-7-4-15(21)12-17(19)22/h2-7,12-13H,8-11H2,1H3. The van der Waals surface area contributed by atoms with E-state index in [4.69, 9.17) is 4.74 Å². The number of nitrogens with zero attached hydrogens (tertiary/aromatic N) is 3. The van der Waals surface area contributed by atoms with Crippen molar-refractivity contribution in [1.82, 2.24) is 9.29 Å². The molecule has 1 aliphatic rings. The summed E-state index contributed by atoms with van der Waals surface area (Å²) in [5, 5.41) is 2.75. The molecule has 0 aliphatic carbocycles. The summed E-state index contributed by atoms with van der Waals surface area (Å²) in [4.78, 5) is 6.16. The van der Waals surface area contributed by atoms with E-state index in [1.165, 1.54) is 15.6 Å². The molecule has 30 heavy (non-hydrogen) atoms. The lowest BCUT2D eigenvalue weighted by atomic mass is 10.2. The molecule has 158 valence electrons. The second-order valence-electron chi connectivity index (χ2n) is 6.71. The lowest BCUT2D eigenvalue weighted by molar-refractivity contribution is 0.382. The molecule has 2 heterocycles. The number of methoxy groups -OCH3 is 1. The summed E-state index contributed by atoms with van der Waals surface area (Å²) < 4.78 is 58.9. The van der Waals surface area contributed by atoms with Crippen molar-refractivity contribution in [3.8, 4) is 17.0 Å². The number of rotatable bonds is 5. The van der Waals surface area contributed by atoms with Gasteiger partial charge in [-0.05, 0) is 36.4 Å². The van der Waals surface area contributed by atoms with Crippen LogP contribution in [0.1, 0.15) is 0 Å². The molecule has 2 aromatic carbocycles. The quantitative estimate of drug-likeness (QED) is 0.593. The predicted octanol–water partition coefficient (Wildman–Crippen LogP) is 3.61. The van der Waals surface area contributed by atoms with Crippen molar-refractivity contribution in [1.29, 1.82) is 0 Å². The van der Waals surface area contributed by atoms with Gasteiger partial charge >= 0.3 is 0 Å². The van der Waals surface area contributed by atoms with Crippen LogP contribution < -0.4 is 9.64 Å². The molecule has 3 aromatic rings. The van der Waals surface area contributed by atoms with Crippen LogP contribution >= 0.6 is 11.3 Å². The molecule has 1 aliphatic heterocycles. The van der Waals surface area contributed by atoms with Crippen molar-refractivity contribution in [2.75, 3.05) is 38.2 Å². The van der Waals surface area contributed by atoms with E-state index in [-0.39, 0.29) is 13.1 Å². The lowest BCUT2D eigenvalue weighted by Crippen LogP contribution is -2.48. The zero-order valence-corrected chi connectivity index (χ0v) is 17.7. The number of sulfonamides is 1. The smallest absolute Gasteiger partial charge is 0.246 e. The van der Waals surface area contributed by atoms with Crippen LogP contribution in [0.15, 0.2) is 52.7 Å². The van der Waals surface area contributed by atoms with Gasteiger partial charge in [0, 0.05) is 43.2 Å². The van der Waals surface area contributed by atoms with Gasteiger partial charge in [-0.25, -0.2) is 22.2 Å². The highest BCUT2D eigenvalue weighted by molar-refractivity contribution is 7.89. The Morgan fingerprint density at radius 3 is 2.37 bits per heavy atom. The zero-order valence-electron chi connectivity index (χ0n) is 16.1. The maximum atomic E-state index is 14.0. The van der Waals surface area contributed by atoms with Gasteiger partial charge in [-0.15, -0.1) is 11.3 Å². The molecule has 0 atom stereocenters. The minimum absolute atomic E-state index is 0.191. The second-order valence-corrected chi connectivity index (χ2v) is 9.45. The molecule has 0 saturated carbocycles. The number of aromatic nitrogens is 1. The fourth-order valence-electron chi connectivity index (χ4n) is 3.25. The highest BCUT2D eigenvalue weighted by Crippen LogP contribution is 2.30. The summed E-state index contributed by atoms with van der Waals surface area (Å²) >= 11 is 1.48. The van der Waals surface area contributed by atoms with Crippen LogP contribution in [0, 0.1) is 11.6 Å². The van der Waals surface area contributed by atoms with Crippen molar-refractivity contribution in [2.24, 2.45) is 0 Å². The molecular weight excluding hydrogens is 432 g/mol. The first-order chi connectivity index (χ1) is 14.4. The van der Waals surface area contributed by atoms with Crippen LogP contribution in [0.2, 0.25) is 0 Å². The summed E-state index contributed by atoms with van der Waals surface area (Å²) in [5.74, 6) is -1.13. The first-order valence-corrected chi connectivity index (χ1v) is 11.5. The van der Waals surface area contributed by atoms with Gasteiger partial charge in [0.15, 0.2) is 5.13 Å². The van der Waals surface area contributed by atoms with E-state index >= 15 is 0 Å². The third kappa shape index (κ3) is 4.03. The minimum Gasteiger partial charge on any atom is -0.497 e. The number of hydrogen-bond donors (Lipinski definition) is 0. The van der Waals surface area contributed by atoms with Crippen molar-refractivity contribution >= 4 is 26.5 Å². The Labute approximate surface area is 177 Å². The fourth-order valence-corrected chi connectivity index (χ4v) is 5.60. The van der Waals surface area contributed by atoms with Crippen LogP contribution in [-0.4, -0.2) is 51.0 Å². The monoisotopic (exact) mass is 451 g/mol. The van der Waals surface area contributed by atoms with E-state index in [0.717, 1.165) is 34.3 Å². The van der Waals surface area contributed by atoms with Crippen molar-refractivity contribution in [3.63, 3.8) is 0 Å². The summed E-state index contributed by atoms with van der Waals surface area (Å²) in [7, 11) is -2.41. The summed E-state index contributed by atoms with van der Waals surface area (Å²) in [6, 6.07) is 10.1. The summed E-state index contributed by atoms with van der Waals surface area (Å²) in [6.45, 7) is 1.24. The van der Waals surface area contributed by atoms with E-state index in [0.29, 0.717) is 19.2 Å². The molecule has 1 saturated heterocycles. The Balaban J connectivity index is 1.45. The highest BCUT2D eigenvalue weighted by atomic mass is 32.2. The normalized spacial score (nSPS) is 15.4. The first kappa shape index (κ1) is 20.7. The fraction of sp³-hybridized carbons (Fsp3) is 0.250. The number of hydrogen-bond acceptors (Lipinski definition) is 6. The molecular formula is C20H19F2N3O3S2. The number of thiazole rings is 1. The van der Waals surface area contributed by atoms with E-state index < -0.39 is 26.6 Å². The minimum atomic E-state index is -4.02. The molecule has 0 N–H and O–H groups in total. The molecule has 0 radical (unpaired) electrons. The third-order valence-electron chi connectivity index (χ3n) is 4.90. The topological polar surface area (TPSA) is 62.7 Å². The molecule has 1 fully saturated rings. The number of ether oxygens (including phenoxy) is 1. The van der Waals surface area contributed by atoms with Crippen LogP contribution in [0.3, 0.4) is 0 Å². The van der Waals surface area contributed by atoms with Crippen LogP contribution in [0.25, 0.3) is 11.3 Å². The Hall–Kier alpha value is -2.56. The molecule has 4 rings (SSSR count). The summed E-state index contributed by atoms with van der Waals surface area (Å²) in [5.41, 5.74) is 1.80. The summed E-state index contributed by atoms with van der Waals surface area (Å²) in [6.07, 6.45) is 0. The molecule has 6 nitrogen and oxygen atoms in total. The Bertz CT molecular complexity index is 1140. The van der Waals surface area contributed by atoms with Crippen molar-refractivity contribution in [2.45, 2.75) is 4.90 Å². The van der Waals surface area contributed by atoms with E-state index in [1.807, 2.05) is 34.5 Å². The SMILES string of the molecule is COc1ccc(-c2csc(N3CCN(S(=O)(=O)c4ccc(F)cc4F)CC3)n2)cc1. The lowest BCUT2D eigenvalue weighted by Gasteiger charge is -2.33. The van der Waals surface area contributed by atoms with E-state index in [1.54, 1.807) is 7.11 Å². The first-order valence-electron chi connectivity index (χ1n) is 9.18. The molecule has 0 spiro atoms. The predicted molar refractivity (Wildman–Crippen MR) is 111 cm³/mol. The van der Waals surface area contributed by atoms with Crippen molar-refractivity contribution in [3.05, 3.63) is 59.5 Å². The Morgan fingerprint density at radius 1 is 1.03 bits per heavy atom. The Morgan fingerprint density at radius 2 is 1.73 bits per heavy atom. The van der Waals surface area contributed by atoms with Gasteiger partial charge in [0.1, 0.15) is 22.3 Å². The third-order valence-corrected chi connectivity index (χ3v) is 7.73. The molecule has 0 unspecified atom stereocenters. The van der Waals surface area contributed by atoms with Crippen molar-refractivity contribution < 1.29 is 21.9 Å². The highest BCUT2D eigenvalue weighted by Gasteiger charge is 2.31. The van der Waals surface area contributed by atoms with Gasteiger partial charge in [-0.1, -0.05) is 0 Å². The number of halogens is 2. The maximum Gasteiger partial charge on any atom is 0.246 e. The zero-order chi connectivity index (χ0) is 21.3. The van der Waals surface area contributed by atoms with E-state index in [2.05, 4.69) is 4.98 Å². The van der Waals surface area contributed by atoms with Gasteiger partial charge in [0.05, 0.1) is 12.8 Å². The second kappa shape index (κ2) is 8.29. The largest absolute Gasteiger partial charge is 0.497 e. The average molecular weight is 452 g/mol. The van der Waals surface area contributed by atoms with Gasteiger partial charge in [0.2, 0.25) is 10.0 Å². The van der Waals surface area contributed by atoms with Crippen LogP contribution in [0.5, 0.6) is 5.75 Å². The number of benzene rings is 2. The molecule has 1 aromatic heterocycles. The van der Waals surface area contributed by atoms with Crippen LogP contribution in [0.4, 0.5) is 13.9 Å². The number of anilines is 1. The van der Waals surface area contributed by atoms with Gasteiger partial charge in [0.25, 0.3) is 0 Å². The van der Waals surface area contributed by atoms with Crippen LogP contribution in [-0.2, 0) is 10.0 Å². The number of piperazine rings is 1. The molecule has 0 amide bonds. The average Bonchev–Trinajstić information content (AvgIpc) is 3.24. The maximum absolute atomic E-state index is 14.0. The van der Waals surface area contributed by atoms with E-state index in [9.17, 15) is 17.2 Å². The van der Waals surface area contributed by atoms with Gasteiger partial charge in [-0.2, -0.15) is 4.31 Å². The Kier molecular flexibility index (Phi) is 5.72.